The van der Waals surface area contributed by atoms with Gasteiger partial charge in [0, 0.05) is 16.8 Å². The number of rotatable bonds is 6. The molecule has 0 aliphatic carbocycles. The summed E-state index contributed by atoms with van der Waals surface area (Å²) in [4.78, 5) is 24.2. The minimum atomic E-state index is -0.544. The molecular formula is C20H21N5O2. The number of nitrogens with zero attached hydrogens (tertiary/aromatic N) is 3. The predicted molar refractivity (Wildman–Crippen MR) is 103 cm³/mol. The summed E-state index contributed by atoms with van der Waals surface area (Å²) >= 11 is 0. The molecule has 2 amide bonds. The Morgan fingerprint density at radius 2 is 1.93 bits per heavy atom. The molecular weight excluding hydrogens is 342 g/mol. The van der Waals surface area contributed by atoms with Gasteiger partial charge >= 0.3 is 0 Å². The maximum atomic E-state index is 12.7. The molecule has 0 saturated carbocycles. The second kappa shape index (κ2) is 7.82. The van der Waals surface area contributed by atoms with E-state index in [1.54, 1.807) is 12.3 Å². The van der Waals surface area contributed by atoms with Crippen LogP contribution in [0.1, 0.15) is 35.3 Å². The Labute approximate surface area is 157 Å². The number of amides is 2. The summed E-state index contributed by atoms with van der Waals surface area (Å²) in [6.07, 6.45) is 2.19. The van der Waals surface area contributed by atoms with Gasteiger partial charge in [0.15, 0.2) is 0 Å². The Bertz CT molecular complexity index is 966. The van der Waals surface area contributed by atoms with Gasteiger partial charge in [-0.25, -0.2) is 4.68 Å². The fraction of sp³-hybridized carbons (Fsp3) is 0.200. The van der Waals surface area contributed by atoms with E-state index in [0.717, 1.165) is 16.8 Å². The summed E-state index contributed by atoms with van der Waals surface area (Å²) in [5.74, 6) is -0.655. The molecule has 0 radical (unpaired) electrons. The zero-order valence-corrected chi connectivity index (χ0v) is 15.2. The third-order valence-corrected chi connectivity index (χ3v) is 4.35. The zero-order chi connectivity index (χ0) is 19.4. The lowest BCUT2D eigenvalue weighted by Gasteiger charge is -2.10. The van der Waals surface area contributed by atoms with Gasteiger partial charge in [-0.15, -0.1) is 5.10 Å². The smallest absolute Gasteiger partial charge is 0.255 e. The van der Waals surface area contributed by atoms with Crippen molar-refractivity contribution in [3.05, 3.63) is 65.9 Å². The molecule has 7 nitrogen and oxygen atoms in total. The van der Waals surface area contributed by atoms with E-state index >= 15 is 0 Å². The van der Waals surface area contributed by atoms with Crippen LogP contribution in [0.2, 0.25) is 0 Å². The number of aromatic nitrogens is 3. The van der Waals surface area contributed by atoms with Crippen LogP contribution in [0.3, 0.4) is 0 Å². The van der Waals surface area contributed by atoms with E-state index in [4.69, 9.17) is 5.73 Å². The molecule has 138 valence electrons. The Morgan fingerprint density at radius 3 is 2.59 bits per heavy atom. The molecule has 1 unspecified atom stereocenters. The van der Waals surface area contributed by atoms with Gasteiger partial charge in [0.25, 0.3) is 5.91 Å². The molecule has 3 N–H and O–H groups in total. The molecule has 2 aromatic carbocycles. The van der Waals surface area contributed by atoms with Gasteiger partial charge in [0.05, 0.1) is 6.20 Å². The molecule has 0 spiro atoms. The average molecular weight is 363 g/mol. The number of nitrogens with two attached hydrogens (primary N) is 1. The highest BCUT2D eigenvalue weighted by Crippen LogP contribution is 2.22. The van der Waals surface area contributed by atoms with Gasteiger partial charge in [-0.2, -0.15) is 0 Å². The molecule has 1 heterocycles. The Balaban J connectivity index is 1.88. The summed E-state index contributed by atoms with van der Waals surface area (Å²) in [5.41, 5.74) is 8.84. The molecule has 0 aliphatic heterocycles. The highest BCUT2D eigenvalue weighted by molar-refractivity contribution is 6.05. The fourth-order valence-electron chi connectivity index (χ4n) is 2.83. The van der Waals surface area contributed by atoms with Crippen LogP contribution in [-0.4, -0.2) is 26.8 Å². The van der Waals surface area contributed by atoms with Gasteiger partial charge in [-0.05, 0) is 37.1 Å². The van der Waals surface area contributed by atoms with Gasteiger partial charge in [-0.3, -0.25) is 9.59 Å². The Hall–Kier alpha value is -3.48. The number of carbonyl (C=O) groups excluding carboxylic acids is 2. The van der Waals surface area contributed by atoms with Crippen LogP contribution in [0.5, 0.6) is 0 Å². The number of carbonyl (C=O) groups is 2. The summed E-state index contributed by atoms with van der Waals surface area (Å²) in [7, 11) is 0. The molecule has 7 heteroatoms. The minimum Gasteiger partial charge on any atom is -0.368 e. The summed E-state index contributed by atoms with van der Waals surface area (Å²) in [5, 5.41) is 11.0. The topological polar surface area (TPSA) is 103 Å². The first-order valence-corrected chi connectivity index (χ1v) is 8.68. The van der Waals surface area contributed by atoms with Crippen LogP contribution < -0.4 is 11.1 Å². The van der Waals surface area contributed by atoms with E-state index in [2.05, 4.69) is 15.6 Å². The molecule has 3 aromatic rings. The molecule has 0 aliphatic rings. The van der Waals surface area contributed by atoms with Gasteiger partial charge in [0.2, 0.25) is 5.91 Å². The van der Waals surface area contributed by atoms with Crippen LogP contribution in [0.15, 0.2) is 54.7 Å². The van der Waals surface area contributed by atoms with Crippen molar-refractivity contribution in [1.29, 1.82) is 0 Å². The van der Waals surface area contributed by atoms with E-state index in [1.165, 1.54) is 4.68 Å². The number of aryl methyl sites for hydroxylation is 1. The van der Waals surface area contributed by atoms with Gasteiger partial charge in [-0.1, -0.05) is 42.5 Å². The van der Waals surface area contributed by atoms with Crippen molar-refractivity contribution in [2.75, 3.05) is 5.32 Å². The van der Waals surface area contributed by atoms with Crippen molar-refractivity contribution < 1.29 is 9.59 Å². The molecule has 0 bridgehead atoms. The van der Waals surface area contributed by atoms with Crippen molar-refractivity contribution in [3.63, 3.8) is 0 Å². The molecule has 27 heavy (non-hydrogen) atoms. The molecule has 1 aromatic heterocycles. The molecule has 3 rings (SSSR count). The van der Waals surface area contributed by atoms with Crippen LogP contribution >= 0.6 is 0 Å². The SMILES string of the molecule is CCC(C(N)=O)n1cc(-c2ccc(C)c(C(=O)Nc3ccccc3)c2)nn1. The van der Waals surface area contributed by atoms with E-state index in [-0.39, 0.29) is 5.91 Å². The van der Waals surface area contributed by atoms with Crippen molar-refractivity contribution >= 4 is 17.5 Å². The predicted octanol–water partition coefficient (Wildman–Crippen LogP) is 2.94. The van der Waals surface area contributed by atoms with Crippen LogP contribution in [-0.2, 0) is 4.79 Å². The lowest BCUT2D eigenvalue weighted by atomic mass is 10.0. The molecule has 0 saturated heterocycles. The first-order valence-electron chi connectivity index (χ1n) is 8.68. The fourth-order valence-corrected chi connectivity index (χ4v) is 2.83. The van der Waals surface area contributed by atoms with Gasteiger partial charge in [0.1, 0.15) is 11.7 Å². The van der Waals surface area contributed by atoms with Crippen molar-refractivity contribution in [3.8, 4) is 11.3 Å². The quantitative estimate of drug-likeness (QED) is 0.703. The highest BCUT2D eigenvalue weighted by atomic mass is 16.2. The van der Waals surface area contributed by atoms with Crippen LogP contribution in [0.4, 0.5) is 5.69 Å². The minimum absolute atomic E-state index is 0.198. The van der Waals surface area contributed by atoms with Crippen LogP contribution in [0.25, 0.3) is 11.3 Å². The lowest BCUT2D eigenvalue weighted by molar-refractivity contribution is -0.121. The van der Waals surface area contributed by atoms with Crippen molar-refractivity contribution in [2.24, 2.45) is 5.73 Å². The molecule has 1 atom stereocenters. The van der Waals surface area contributed by atoms with Gasteiger partial charge < -0.3 is 11.1 Å². The maximum Gasteiger partial charge on any atom is 0.255 e. The number of primary amides is 1. The third kappa shape index (κ3) is 4.03. The van der Waals surface area contributed by atoms with E-state index in [1.807, 2.05) is 56.3 Å². The third-order valence-electron chi connectivity index (χ3n) is 4.35. The average Bonchev–Trinajstić information content (AvgIpc) is 3.13. The van der Waals surface area contributed by atoms with E-state index in [0.29, 0.717) is 17.7 Å². The summed E-state index contributed by atoms with van der Waals surface area (Å²) in [6, 6.07) is 14.2. The number of anilines is 1. The Kier molecular flexibility index (Phi) is 5.30. The Morgan fingerprint density at radius 1 is 1.19 bits per heavy atom. The summed E-state index contributed by atoms with van der Waals surface area (Å²) < 4.78 is 1.46. The number of hydrogen-bond donors (Lipinski definition) is 2. The maximum absolute atomic E-state index is 12.7. The zero-order valence-electron chi connectivity index (χ0n) is 15.2. The lowest BCUT2D eigenvalue weighted by Crippen LogP contribution is -2.26. The first-order chi connectivity index (χ1) is 13.0. The normalized spacial score (nSPS) is 11.8. The first kappa shape index (κ1) is 18.3. The van der Waals surface area contributed by atoms with Crippen molar-refractivity contribution in [1.82, 2.24) is 15.0 Å². The summed E-state index contributed by atoms with van der Waals surface area (Å²) in [6.45, 7) is 3.73. The van der Waals surface area contributed by atoms with E-state index < -0.39 is 11.9 Å². The largest absolute Gasteiger partial charge is 0.368 e. The second-order valence-corrected chi connectivity index (χ2v) is 6.26. The standard InChI is InChI=1S/C20H21N5O2/c1-3-18(19(21)26)25-12-17(23-24-25)14-10-9-13(2)16(11-14)20(27)22-15-7-5-4-6-8-15/h4-12,18H,3H2,1-2H3,(H2,21,26)(H,22,27). The number of para-hydroxylation sites is 1. The molecule has 0 fully saturated rings. The second-order valence-electron chi connectivity index (χ2n) is 6.26. The van der Waals surface area contributed by atoms with Crippen molar-refractivity contribution in [2.45, 2.75) is 26.3 Å². The number of nitrogens with one attached hydrogen (secondary N) is 1. The number of hydrogen-bond acceptors (Lipinski definition) is 4. The van der Waals surface area contributed by atoms with Crippen LogP contribution in [0, 0.1) is 6.92 Å². The monoisotopic (exact) mass is 363 g/mol. The van der Waals surface area contributed by atoms with E-state index in [9.17, 15) is 9.59 Å². The highest BCUT2D eigenvalue weighted by Gasteiger charge is 2.18. The number of benzene rings is 2.